The van der Waals surface area contributed by atoms with Crippen LogP contribution in [0.25, 0.3) is 0 Å². The molecule has 0 spiro atoms. The van der Waals surface area contributed by atoms with Gasteiger partial charge in [-0.2, -0.15) is 0 Å². The minimum absolute atomic E-state index is 0.00215. The fourth-order valence-corrected chi connectivity index (χ4v) is 3.58. The van der Waals surface area contributed by atoms with Crippen LogP contribution in [0.2, 0.25) is 0 Å². The fraction of sp³-hybridized carbons (Fsp3) is 0.391. The van der Waals surface area contributed by atoms with Crippen molar-refractivity contribution in [2.45, 2.75) is 25.4 Å². The summed E-state index contributed by atoms with van der Waals surface area (Å²) in [6.45, 7) is 2.16. The molecule has 1 saturated heterocycles. The summed E-state index contributed by atoms with van der Waals surface area (Å²) >= 11 is 0. The number of hydrogen-bond donors (Lipinski definition) is 3. The zero-order valence-electron chi connectivity index (χ0n) is 18.0. The molecule has 3 amide bonds. The number of hydrogen-bond acceptors (Lipinski definition) is 5. The number of benzene rings is 2. The Morgan fingerprint density at radius 1 is 1.06 bits per heavy atom. The number of nitrogens with one attached hydrogen (secondary N) is 3. The molecule has 8 heteroatoms. The lowest BCUT2D eigenvalue weighted by Crippen LogP contribution is -2.47. The molecule has 166 valence electrons. The van der Waals surface area contributed by atoms with Gasteiger partial charge in [0.1, 0.15) is 12.4 Å². The highest BCUT2D eigenvalue weighted by Gasteiger charge is 2.21. The first-order valence-corrected chi connectivity index (χ1v) is 10.4. The number of anilines is 2. The SMILES string of the molecule is COCC(=O)Nc1cccc(CNC(=O)NC2CCN(c3ccc(OC)cc3)CC2)c1. The van der Waals surface area contributed by atoms with E-state index in [0.29, 0.717) is 12.2 Å². The first-order valence-electron chi connectivity index (χ1n) is 10.4. The molecule has 0 radical (unpaired) electrons. The number of amides is 3. The van der Waals surface area contributed by atoms with Gasteiger partial charge in [0.05, 0.1) is 7.11 Å². The molecular weight excluding hydrogens is 396 g/mol. The summed E-state index contributed by atoms with van der Waals surface area (Å²) in [6, 6.07) is 15.4. The molecule has 0 unspecified atom stereocenters. The molecule has 2 aromatic rings. The van der Waals surface area contributed by atoms with Crippen molar-refractivity contribution in [1.29, 1.82) is 0 Å². The summed E-state index contributed by atoms with van der Waals surface area (Å²) in [5, 5.41) is 8.71. The summed E-state index contributed by atoms with van der Waals surface area (Å²) in [6.07, 6.45) is 1.78. The van der Waals surface area contributed by atoms with Gasteiger partial charge in [-0.1, -0.05) is 12.1 Å². The van der Waals surface area contributed by atoms with Gasteiger partial charge in [-0.25, -0.2) is 4.79 Å². The predicted octanol–water partition coefficient (Wildman–Crippen LogP) is 2.75. The summed E-state index contributed by atoms with van der Waals surface area (Å²) in [7, 11) is 3.14. The molecule has 1 aliphatic rings. The minimum Gasteiger partial charge on any atom is -0.497 e. The smallest absolute Gasteiger partial charge is 0.315 e. The largest absolute Gasteiger partial charge is 0.497 e. The van der Waals surface area contributed by atoms with Crippen LogP contribution in [0.3, 0.4) is 0 Å². The average Bonchev–Trinajstić information content (AvgIpc) is 2.79. The number of urea groups is 1. The van der Waals surface area contributed by atoms with Gasteiger partial charge in [-0.05, 0) is 54.8 Å². The number of rotatable bonds is 8. The quantitative estimate of drug-likeness (QED) is 0.604. The second-order valence-electron chi connectivity index (χ2n) is 7.47. The second-order valence-corrected chi connectivity index (χ2v) is 7.47. The van der Waals surface area contributed by atoms with Crippen LogP contribution in [0.4, 0.5) is 16.2 Å². The van der Waals surface area contributed by atoms with Crippen molar-refractivity contribution >= 4 is 23.3 Å². The molecule has 8 nitrogen and oxygen atoms in total. The van der Waals surface area contributed by atoms with Gasteiger partial charge in [0.25, 0.3) is 0 Å². The van der Waals surface area contributed by atoms with E-state index in [1.165, 1.54) is 12.8 Å². The third-order valence-electron chi connectivity index (χ3n) is 5.21. The molecule has 2 aromatic carbocycles. The maximum Gasteiger partial charge on any atom is 0.315 e. The third-order valence-corrected chi connectivity index (χ3v) is 5.21. The molecule has 0 atom stereocenters. The molecule has 0 aliphatic carbocycles. The van der Waals surface area contributed by atoms with Gasteiger partial charge < -0.3 is 30.3 Å². The van der Waals surface area contributed by atoms with E-state index in [1.54, 1.807) is 13.2 Å². The van der Waals surface area contributed by atoms with Gasteiger partial charge in [0, 0.05) is 44.2 Å². The number of methoxy groups -OCH3 is 2. The van der Waals surface area contributed by atoms with Gasteiger partial charge in [0.15, 0.2) is 0 Å². The van der Waals surface area contributed by atoms with Crippen LogP contribution in [-0.4, -0.2) is 51.9 Å². The Morgan fingerprint density at radius 3 is 2.48 bits per heavy atom. The standard InChI is InChI=1S/C23H30N4O4/c1-30-16-22(28)25-19-5-3-4-17(14-19)15-24-23(29)26-18-10-12-27(13-11-18)20-6-8-21(31-2)9-7-20/h3-9,14,18H,10-13,15-16H2,1-2H3,(H,25,28)(H2,24,26,29). The third kappa shape index (κ3) is 6.89. The van der Waals surface area contributed by atoms with Gasteiger partial charge in [-0.15, -0.1) is 0 Å². The van der Waals surface area contributed by atoms with Gasteiger partial charge >= 0.3 is 6.03 Å². The van der Waals surface area contributed by atoms with Gasteiger partial charge in [0.2, 0.25) is 5.91 Å². The van der Waals surface area contributed by atoms with E-state index in [2.05, 4.69) is 33.0 Å². The zero-order valence-corrected chi connectivity index (χ0v) is 18.0. The maximum atomic E-state index is 12.3. The molecule has 3 N–H and O–H groups in total. The van der Waals surface area contributed by atoms with Crippen LogP contribution in [0.5, 0.6) is 5.75 Å². The Labute approximate surface area is 182 Å². The van der Waals surface area contributed by atoms with Crippen molar-refractivity contribution < 1.29 is 19.1 Å². The van der Waals surface area contributed by atoms with E-state index in [0.717, 1.165) is 37.2 Å². The van der Waals surface area contributed by atoms with Crippen LogP contribution in [0, 0.1) is 0 Å². The van der Waals surface area contributed by atoms with Crippen LogP contribution < -0.4 is 25.6 Å². The lowest BCUT2D eigenvalue weighted by Gasteiger charge is -2.34. The maximum absolute atomic E-state index is 12.3. The number of carbonyl (C=O) groups is 2. The highest BCUT2D eigenvalue weighted by molar-refractivity contribution is 5.91. The second kappa shape index (κ2) is 11.2. The number of carbonyl (C=O) groups excluding carboxylic acids is 2. The molecule has 0 bridgehead atoms. The molecule has 1 fully saturated rings. The topological polar surface area (TPSA) is 91.9 Å². The fourth-order valence-electron chi connectivity index (χ4n) is 3.58. The number of ether oxygens (including phenoxy) is 2. The van der Waals surface area contributed by atoms with E-state index in [1.807, 2.05) is 30.3 Å². The average molecular weight is 427 g/mol. The minimum atomic E-state index is -0.216. The van der Waals surface area contributed by atoms with Crippen LogP contribution >= 0.6 is 0 Å². The van der Waals surface area contributed by atoms with Crippen LogP contribution in [-0.2, 0) is 16.1 Å². The Bertz CT molecular complexity index is 864. The van der Waals surface area contributed by atoms with Crippen molar-refractivity contribution in [3.8, 4) is 5.75 Å². The molecule has 1 heterocycles. The van der Waals surface area contributed by atoms with Crippen molar-refractivity contribution in [3.05, 3.63) is 54.1 Å². The lowest BCUT2D eigenvalue weighted by molar-refractivity contribution is -0.119. The Morgan fingerprint density at radius 2 is 1.81 bits per heavy atom. The first kappa shape index (κ1) is 22.4. The molecule has 31 heavy (non-hydrogen) atoms. The van der Waals surface area contributed by atoms with Crippen LogP contribution in [0.15, 0.2) is 48.5 Å². The van der Waals surface area contributed by atoms with Crippen molar-refractivity contribution in [2.24, 2.45) is 0 Å². The Balaban J connectivity index is 1.41. The predicted molar refractivity (Wildman–Crippen MR) is 121 cm³/mol. The number of nitrogens with zero attached hydrogens (tertiary/aromatic N) is 1. The van der Waals surface area contributed by atoms with Gasteiger partial charge in [-0.3, -0.25) is 4.79 Å². The normalized spacial score (nSPS) is 14.1. The molecular formula is C23H30N4O4. The van der Waals surface area contributed by atoms with Crippen molar-refractivity contribution in [1.82, 2.24) is 10.6 Å². The summed E-state index contributed by atoms with van der Waals surface area (Å²) in [5.41, 5.74) is 2.74. The van der Waals surface area contributed by atoms with Crippen molar-refractivity contribution in [2.75, 3.05) is 44.1 Å². The zero-order chi connectivity index (χ0) is 22.1. The van der Waals surface area contributed by atoms with E-state index >= 15 is 0 Å². The van der Waals surface area contributed by atoms with E-state index in [4.69, 9.17) is 9.47 Å². The molecule has 0 aromatic heterocycles. The summed E-state index contributed by atoms with van der Waals surface area (Å²) in [4.78, 5) is 26.3. The Kier molecular flexibility index (Phi) is 8.12. The first-order chi connectivity index (χ1) is 15.1. The Hall–Kier alpha value is -3.26. The number of piperidine rings is 1. The van der Waals surface area contributed by atoms with E-state index in [9.17, 15) is 9.59 Å². The van der Waals surface area contributed by atoms with E-state index < -0.39 is 0 Å². The molecule has 0 saturated carbocycles. The monoisotopic (exact) mass is 426 g/mol. The molecule has 1 aliphatic heterocycles. The summed E-state index contributed by atoms with van der Waals surface area (Å²) in [5.74, 6) is 0.631. The highest BCUT2D eigenvalue weighted by atomic mass is 16.5. The molecule has 3 rings (SSSR count). The summed E-state index contributed by atoms with van der Waals surface area (Å²) < 4.78 is 10.0. The van der Waals surface area contributed by atoms with Crippen molar-refractivity contribution in [3.63, 3.8) is 0 Å². The van der Waals surface area contributed by atoms with E-state index in [-0.39, 0.29) is 24.6 Å². The highest BCUT2D eigenvalue weighted by Crippen LogP contribution is 2.22. The van der Waals surface area contributed by atoms with Crippen LogP contribution in [0.1, 0.15) is 18.4 Å². The lowest BCUT2D eigenvalue weighted by atomic mass is 10.0.